The second-order valence-corrected chi connectivity index (χ2v) is 4.69. The van der Waals surface area contributed by atoms with Gasteiger partial charge in [0.05, 0.1) is 25.2 Å². The Hall–Kier alpha value is -1.74. The molecule has 100 valence electrons. The first-order valence-electron chi connectivity index (χ1n) is 5.92. The minimum atomic E-state index is -0.296. The van der Waals surface area contributed by atoms with E-state index in [4.69, 9.17) is 21.1 Å². The largest absolute Gasteiger partial charge is 0.495 e. The van der Waals surface area contributed by atoms with Crippen LogP contribution in [0.3, 0.4) is 0 Å². The van der Waals surface area contributed by atoms with Crippen molar-refractivity contribution in [3.05, 3.63) is 40.9 Å². The summed E-state index contributed by atoms with van der Waals surface area (Å²) in [5, 5.41) is 2.46. The molecule has 0 heterocycles. The molecule has 0 N–H and O–H groups in total. The number of halogens is 1. The molecule has 0 amide bonds. The fourth-order valence-corrected chi connectivity index (χ4v) is 2.34. The fraction of sp³-hybridized carbons (Fsp3) is 0.267. The van der Waals surface area contributed by atoms with Crippen LogP contribution in [0.1, 0.15) is 18.4 Å². The number of benzene rings is 2. The molecular weight excluding hydrogens is 264 g/mol. The van der Waals surface area contributed by atoms with Gasteiger partial charge in [-0.2, -0.15) is 0 Å². The van der Waals surface area contributed by atoms with Crippen LogP contribution in [0.15, 0.2) is 30.3 Å². The third kappa shape index (κ3) is 2.51. The Balaban J connectivity index is 2.50. The van der Waals surface area contributed by atoms with E-state index in [-0.39, 0.29) is 11.9 Å². The highest BCUT2D eigenvalue weighted by molar-refractivity contribution is 6.37. The molecule has 3 nitrogen and oxygen atoms in total. The Morgan fingerprint density at radius 2 is 1.95 bits per heavy atom. The molecule has 2 rings (SSSR count). The molecule has 0 radical (unpaired) electrons. The highest BCUT2D eigenvalue weighted by Crippen LogP contribution is 2.34. The van der Waals surface area contributed by atoms with E-state index >= 15 is 0 Å². The number of esters is 1. The molecule has 0 unspecified atom stereocenters. The van der Waals surface area contributed by atoms with Gasteiger partial charge in [0, 0.05) is 5.39 Å². The first-order chi connectivity index (χ1) is 9.08. The van der Waals surface area contributed by atoms with Crippen molar-refractivity contribution < 1.29 is 14.3 Å². The van der Waals surface area contributed by atoms with Gasteiger partial charge in [0.1, 0.15) is 5.75 Å². The summed E-state index contributed by atoms with van der Waals surface area (Å²) in [6, 6.07) is 9.47. The Morgan fingerprint density at radius 1 is 1.21 bits per heavy atom. The lowest BCUT2D eigenvalue weighted by molar-refractivity contribution is -0.141. The predicted octanol–water partition coefficient (Wildman–Crippen LogP) is 3.78. The standard InChI is InChI=1S/C15H15ClO3/c1-9(15(17)19-3)10-4-6-12-11(8-10)5-7-13(18-2)14(12)16/h4-9H,1-3H3/t9-/m0/s1. The molecule has 0 bridgehead atoms. The first kappa shape index (κ1) is 13.7. The predicted molar refractivity (Wildman–Crippen MR) is 75.9 cm³/mol. The molecule has 0 fully saturated rings. The van der Waals surface area contributed by atoms with Crippen LogP contribution in [-0.4, -0.2) is 20.2 Å². The quantitative estimate of drug-likeness (QED) is 0.802. The maximum atomic E-state index is 11.5. The van der Waals surface area contributed by atoms with Crippen LogP contribution in [0.2, 0.25) is 5.02 Å². The summed E-state index contributed by atoms with van der Waals surface area (Å²) in [6.07, 6.45) is 0. The zero-order valence-corrected chi connectivity index (χ0v) is 11.8. The third-order valence-electron chi connectivity index (χ3n) is 3.22. The SMILES string of the molecule is COC(=O)[C@@H](C)c1ccc2c(Cl)c(OC)ccc2c1. The zero-order valence-electron chi connectivity index (χ0n) is 11.1. The van der Waals surface area contributed by atoms with Gasteiger partial charge < -0.3 is 9.47 Å². The summed E-state index contributed by atoms with van der Waals surface area (Å²) >= 11 is 6.25. The van der Waals surface area contributed by atoms with Crippen molar-refractivity contribution in [2.45, 2.75) is 12.8 Å². The van der Waals surface area contributed by atoms with E-state index in [1.54, 1.807) is 7.11 Å². The van der Waals surface area contributed by atoms with E-state index in [0.717, 1.165) is 16.3 Å². The molecule has 0 aliphatic rings. The number of hydrogen-bond donors (Lipinski definition) is 0. The van der Waals surface area contributed by atoms with Crippen LogP contribution in [0.5, 0.6) is 5.75 Å². The van der Waals surface area contributed by atoms with Gasteiger partial charge in [0.25, 0.3) is 0 Å². The minimum Gasteiger partial charge on any atom is -0.495 e. The second-order valence-electron chi connectivity index (χ2n) is 4.31. The molecule has 0 aromatic heterocycles. The molecule has 19 heavy (non-hydrogen) atoms. The van der Waals surface area contributed by atoms with E-state index in [2.05, 4.69) is 0 Å². The number of hydrogen-bond acceptors (Lipinski definition) is 3. The Labute approximate surface area is 117 Å². The van der Waals surface area contributed by atoms with Gasteiger partial charge >= 0.3 is 5.97 Å². The van der Waals surface area contributed by atoms with Crippen molar-refractivity contribution in [3.63, 3.8) is 0 Å². The number of ether oxygens (including phenoxy) is 2. The third-order valence-corrected chi connectivity index (χ3v) is 3.61. The van der Waals surface area contributed by atoms with Crippen LogP contribution in [-0.2, 0) is 9.53 Å². The van der Waals surface area contributed by atoms with Gasteiger partial charge in [-0.3, -0.25) is 4.79 Å². The molecule has 2 aromatic rings. The fourth-order valence-electron chi connectivity index (χ4n) is 2.03. The number of carbonyl (C=O) groups is 1. The second kappa shape index (κ2) is 5.49. The summed E-state index contributed by atoms with van der Waals surface area (Å²) in [5.41, 5.74) is 0.903. The summed E-state index contributed by atoms with van der Waals surface area (Å²) in [4.78, 5) is 11.5. The summed E-state index contributed by atoms with van der Waals surface area (Å²) in [5.74, 6) is 0.0946. The molecule has 1 atom stereocenters. The maximum absolute atomic E-state index is 11.5. The van der Waals surface area contributed by atoms with Crippen molar-refractivity contribution >= 4 is 28.3 Å². The number of methoxy groups -OCH3 is 2. The van der Waals surface area contributed by atoms with Crippen LogP contribution >= 0.6 is 11.6 Å². The zero-order chi connectivity index (χ0) is 14.0. The van der Waals surface area contributed by atoms with Crippen LogP contribution in [0.4, 0.5) is 0 Å². The van der Waals surface area contributed by atoms with Crippen LogP contribution in [0, 0.1) is 0 Å². The molecule has 2 aromatic carbocycles. The first-order valence-corrected chi connectivity index (χ1v) is 6.30. The van der Waals surface area contributed by atoms with Crippen molar-refractivity contribution in [3.8, 4) is 5.75 Å². The molecule has 4 heteroatoms. The normalized spacial score (nSPS) is 12.2. The smallest absolute Gasteiger partial charge is 0.312 e. The average molecular weight is 279 g/mol. The van der Waals surface area contributed by atoms with E-state index in [1.165, 1.54) is 7.11 Å². The van der Waals surface area contributed by atoms with E-state index in [9.17, 15) is 4.79 Å². The van der Waals surface area contributed by atoms with Crippen molar-refractivity contribution in [2.24, 2.45) is 0 Å². The van der Waals surface area contributed by atoms with Gasteiger partial charge in [-0.1, -0.05) is 35.9 Å². The van der Waals surface area contributed by atoms with E-state index in [0.29, 0.717) is 10.8 Å². The van der Waals surface area contributed by atoms with Gasteiger partial charge in [-0.15, -0.1) is 0 Å². The van der Waals surface area contributed by atoms with Crippen LogP contribution < -0.4 is 4.74 Å². The van der Waals surface area contributed by atoms with E-state index < -0.39 is 0 Å². The molecule has 0 aliphatic heterocycles. The monoisotopic (exact) mass is 278 g/mol. The van der Waals surface area contributed by atoms with Crippen molar-refractivity contribution in [2.75, 3.05) is 14.2 Å². The Morgan fingerprint density at radius 3 is 2.58 bits per heavy atom. The molecule has 0 saturated carbocycles. The van der Waals surface area contributed by atoms with Gasteiger partial charge in [0.2, 0.25) is 0 Å². The molecular formula is C15H15ClO3. The topological polar surface area (TPSA) is 35.5 Å². The number of carbonyl (C=O) groups excluding carboxylic acids is 1. The number of rotatable bonds is 3. The van der Waals surface area contributed by atoms with Gasteiger partial charge in [-0.25, -0.2) is 0 Å². The molecule has 0 aliphatic carbocycles. The highest BCUT2D eigenvalue weighted by Gasteiger charge is 2.16. The maximum Gasteiger partial charge on any atom is 0.312 e. The van der Waals surface area contributed by atoms with Gasteiger partial charge in [-0.05, 0) is 23.9 Å². The van der Waals surface area contributed by atoms with Gasteiger partial charge in [0.15, 0.2) is 0 Å². The lowest BCUT2D eigenvalue weighted by atomic mass is 9.98. The lowest BCUT2D eigenvalue weighted by Crippen LogP contribution is -2.10. The molecule has 0 spiro atoms. The Bertz CT molecular complexity index is 622. The Kier molecular flexibility index (Phi) is 3.96. The summed E-state index contributed by atoms with van der Waals surface area (Å²) < 4.78 is 9.93. The summed E-state index contributed by atoms with van der Waals surface area (Å²) in [7, 11) is 2.97. The van der Waals surface area contributed by atoms with Crippen molar-refractivity contribution in [1.82, 2.24) is 0 Å². The average Bonchev–Trinajstić information content (AvgIpc) is 2.45. The van der Waals surface area contributed by atoms with Crippen molar-refractivity contribution in [1.29, 1.82) is 0 Å². The van der Waals surface area contributed by atoms with Crippen LogP contribution in [0.25, 0.3) is 10.8 Å². The molecule has 0 saturated heterocycles. The number of fused-ring (bicyclic) bond motifs is 1. The lowest BCUT2D eigenvalue weighted by Gasteiger charge is -2.12. The minimum absolute atomic E-state index is 0.251. The summed E-state index contributed by atoms with van der Waals surface area (Å²) in [6.45, 7) is 1.82. The highest BCUT2D eigenvalue weighted by atomic mass is 35.5. The van der Waals surface area contributed by atoms with E-state index in [1.807, 2.05) is 37.3 Å².